The van der Waals surface area contributed by atoms with Crippen molar-refractivity contribution in [1.82, 2.24) is 5.32 Å². The van der Waals surface area contributed by atoms with Crippen molar-refractivity contribution in [3.63, 3.8) is 0 Å². The lowest BCUT2D eigenvalue weighted by Gasteiger charge is -2.11. The lowest BCUT2D eigenvalue weighted by atomic mass is 10.2. The first-order chi connectivity index (χ1) is 7.89. The van der Waals surface area contributed by atoms with Crippen molar-refractivity contribution in [2.24, 2.45) is 0 Å². The van der Waals surface area contributed by atoms with E-state index >= 15 is 0 Å². The highest BCUT2D eigenvalue weighted by atomic mass is 19.4. The van der Waals surface area contributed by atoms with E-state index in [-0.39, 0.29) is 0 Å². The van der Waals surface area contributed by atoms with Crippen LogP contribution in [0.2, 0.25) is 0 Å². The first kappa shape index (κ1) is 13.3. The van der Waals surface area contributed by atoms with Crippen molar-refractivity contribution >= 4 is 12.0 Å². The maximum Gasteiger partial charge on any atom is 0.471 e. The van der Waals surface area contributed by atoms with Gasteiger partial charge in [-0.3, -0.25) is 4.79 Å². The van der Waals surface area contributed by atoms with Gasteiger partial charge in [-0.2, -0.15) is 13.2 Å². The number of benzene rings is 1. The lowest BCUT2D eigenvalue weighted by molar-refractivity contribution is -0.173. The van der Waals surface area contributed by atoms with Gasteiger partial charge in [0.2, 0.25) is 0 Å². The number of amides is 1. The number of hydrogen-bond donors (Lipinski definition) is 1. The summed E-state index contributed by atoms with van der Waals surface area (Å²) in [6.45, 7) is 1.48. The predicted octanol–water partition coefficient (Wildman–Crippen LogP) is 2.77. The standard InChI is InChI=1S/C12H12F3NO/c1-9(16-11(17)12(13,14)15)7-8-10-5-3-2-4-6-10/h2-9H,1H3,(H,16,17). The summed E-state index contributed by atoms with van der Waals surface area (Å²) in [6, 6.07) is 8.43. The summed E-state index contributed by atoms with van der Waals surface area (Å²) in [5, 5.41) is 1.84. The minimum atomic E-state index is -4.84. The Bertz CT molecular complexity index is 398. The Morgan fingerprint density at radius 3 is 2.41 bits per heavy atom. The molecule has 0 saturated heterocycles. The zero-order chi connectivity index (χ0) is 12.9. The maximum absolute atomic E-state index is 11.9. The van der Waals surface area contributed by atoms with Crippen LogP contribution in [0.5, 0.6) is 0 Å². The third-order valence-corrected chi connectivity index (χ3v) is 1.99. The molecular weight excluding hydrogens is 231 g/mol. The molecule has 0 aliphatic rings. The summed E-state index contributed by atoms with van der Waals surface area (Å²) < 4.78 is 35.8. The molecule has 1 N–H and O–H groups in total. The fourth-order valence-electron chi connectivity index (χ4n) is 1.16. The minimum Gasteiger partial charge on any atom is -0.342 e. The zero-order valence-electron chi connectivity index (χ0n) is 9.16. The monoisotopic (exact) mass is 243 g/mol. The van der Waals surface area contributed by atoms with Gasteiger partial charge in [-0.05, 0) is 12.5 Å². The fourth-order valence-corrected chi connectivity index (χ4v) is 1.16. The molecule has 2 nitrogen and oxygen atoms in total. The molecule has 0 aromatic heterocycles. The average molecular weight is 243 g/mol. The zero-order valence-corrected chi connectivity index (χ0v) is 9.16. The molecule has 0 bridgehead atoms. The normalized spacial score (nSPS) is 13.6. The van der Waals surface area contributed by atoms with Crippen molar-refractivity contribution in [2.75, 3.05) is 0 Å². The molecule has 0 saturated carbocycles. The topological polar surface area (TPSA) is 29.1 Å². The van der Waals surface area contributed by atoms with Gasteiger partial charge in [-0.25, -0.2) is 0 Å². The second kappa shape index (κ2) is 5.52. The van der Waals surface area contributed by atoms with Crippen LogP contribution in [0.1, 0.15) is 12.5 Å². The van der Waals surface area contributed by atoms with Crippen molar-refractivity contribution in [3.05, 3.63) is 42.0 Å². The molecule has 0 heterocycles. The van der Waals surface area contributed by atoms with E-state index in [1.54, 1.807) is 6.08 Å². The van der Waals surface area contributed by atoms with E-state index in [1.165, 1.54) is 13.0 Å². The third-order valence-electron chi connectivity index (χ3n) is 1.99. The number of hydrogen-bond acceptors (Lipinski definition) is 1. The van der Waals surface area contributed by atoms with Crippen molar-refractivity contribution in [2.45, 2.75) is 19.1 Å². The highest BCUT2D eigenvalue weighted by Crippen LogP contribution is 2.14. The van der Waals surface area contributed by atoms with E-state index < -0.39 is 18.1 Å². The molecule has 0 fully saturated rings. The Morgan fingerprint density at radius 2 is 1.88 bits per heavy atom. The van der Waals surface area contributed by atoms with Crippen LogP contribution in [0.4, 0.5) is 13.2 Å². The van der Waals surface area contributed by atoms with Gasteiger partial charge in [0, 0.05) is 6.04 Å². The van der Waals surface area contributed by atoms with Gasteiger partial charge in [0.15, 0.2) is 0 Å². The highest BCUT2D eigenvalue weighted by molar-refractivity contribution is 5.82. The minimum absolute atomic E-state index is 0.677. The van der Waals surface area contributed by atoms with E-state index in [4.69, 9.17) is 0 Å². The summed E-state index contributed by atoms with van der Waals surface area (Å²) in [7, 11) is 0. The smallest absolute Gasteiger partial charge is 0.342 e. The second-order valence-corrected chi connectivity index (χ2v) is 3.53. The molecule has 1 aromatic carbocycles. The number of alkyl halides is 3. The number of rotatable bonds is 3. The van der Waals surface area contributed by atoms with Gasteiger partial charge in [-0.15, -0.1) is 0 Å². The lowest BCUT2D eigenvalue weighted by Crippen LogP contribution is -2.41. The first-order valence-corrected chi connectivity index (χ1v) is 5.00. The molecule has 5 heteroatoms. The Morgan fingerprint density at radius 1 is 1.29 bits per heavy atom. The quantitative estimate of drug-likeness (QED) is 0.869. The van der Waals surface area contributed by atoms with Crippen LogP contribution in [-0.2, 0) is 4.79 Å². The Kier molecular flexibility index (Phi) is 4.31. The van der Waals surface area contributed by atoms with Gasteiger partial charge in [0.1, 0.15) is 0 Å². The molecule has 0 aliphatic carbocycles. The van der Waals surface area contributed by atoms with Gasteiger partial charge in [-0.1, -0.05) is 42.5 Å². The Hall–Kier alpha value is -1.78. The fraction of sp³-hybridized carbons (Fsp3) is 0.250. The summed E-state index contributed by atoms with van der Waals surface area (Å²) in [6.07, 6.45) is -1.69. The molecule has 0 aliphatic heterocycles. The number of carbonyl (C=O) groups is 1. The van der Waals surface area contributed by atoms with Crippen LogP contribution in [0, 0.1) is 0 Å². The van der Waals surface area contributed by atoms with Crippen molar-refractivity contribution in [3.8, 4) is 0 Å². The van der Waals surface area contributed by atoms with Crippen LogP contribution in [-0.4, -0.2) is 18.1 Å². The summed E-state index contributed by atoms with van der Waals surface area (Å²) in [5.41, 5.74) is 0.862. The van der Waals surface area contributed by atoms with E-state index in [0.29, 0.717) is 0 Å². The summed E-state index contributed by atoms with van der Waals surface area (Å²) in [4.78, 5) is 10.6. The molecule has 1 atom stereocenters. The predicted molar refractivity (Wildman–Crippen MR) is 59.1 cm³/mol. The summed E-state index contributed by atoms with van der Waals surface area (Å²) in [5.74, 6) is -1.93. The third kappa shape index (κ3) is 4.72. The van der Waals surface area contributed by atoms with Crippen molar-refractivity contribution in [1.29, 1.82) is 0 Å². The van der Waals surface area contributed by atoms with Crippen LogP contribution >= 0.6 is 0 Å². The van der Waals surface area contributed by atoms with E-state index in [9.17, 15) is 18.0 Å². The molecule has 92 valence electrons. The van der Waals surface area contributed by atoms with Crippen LogP contribution in [0.3, 0.4) is 0 Å². The van der Waals surface area contributed by atoms with Crippen LogP contribution in [0.25, 0.3) is 6.08 Å². The number of carbonyl (C=O) groups excluding carboxylic acids is 1. The Balaban J connectivity index is 2.53. The number of nitrogens with one attached hydrogen (secondary N) is 1. The van der Waals surface area contributed by atoms with Crippen molar-refractivity contribution < 1.29 is 18.0 Å². The summed E-state index contributed by atoms with van der Waals surface area (Å²) >= 11 is 0. The van der Waals surface area contributed by atoms with Gasteiger partial charge < -0.3 is 5.32 Å². The van der Waals surface area contributed by atoms with Crippen LogP contribution in [0.15, 0.2) is 36.4 Å². The molecule has 1 aromatic rings. The van der Waals surface area contributed by atoms with Gasteiger partial charge in [0.25, 0.3) is 0 Å². The van der Waals surface area contributed by atoms with Gasteiger partial charge >= 0.3 is 12.1 Å². The molecule has 1 rings (SSSR count). The highest BCUT2D eigenvalue weighted by Gasteiger charge is 2.38. The maximum atomic E-state index is 11.9. The van der Waals surface area contributed by atoms with E-state index in [1.807, 2.05) is 35.6 Å². The molecule has 1 amide bonds. The van der Waals surface area contributed by atoms with Crippen LogP contribution < -0.4 is 5.32 Å². The molecule has 17 heavy (non-hydrogen) atoms. The molecular formula is C12H12F3NO. The first-order valence-electron chi connectivity index (χ1n) is 5.00. The van der Waals surface area contributed by atoms with Gasteiger partial charge in [0.05, 0.1) is 0 Å². The molecule has 0 spiro atoms. The van der Waals surface area contributed by atoms with E-state index in [2.05, 4.69) is 0 Å². The molecule has 0 radical (unpaired) electrons. The number of halogens is 3. The average Bonchev–Trinajstić information content (AvgIpc) is 2.26. The SMILES string of the molecule is CC(C=Cc1ccccc1)NC(=O)C(F)(F)F. The molecule has 1 unspecified atom stereocenters. The largest absolute Gasteiger partial charge is 0.471 e. The second-order valence-electron chi connectivity index (χ2n) is 3.53. The Labute approximate surface area is 97.1 Å². The van der Waals surface area contributed by atoms with E-state index in [0.717, 1.165) is 5.56 Å².